The van der Waals surface area contributed by atoms with Crippen LogP contribution in [0.15, 0.2) is 0 Å². The van der Waals surface area contributed by atoms with E-state index in [9.17, 15) is 4.79 Å². The number of hydrogen-bond acceptors (Lipinski definition) is 2. The van der Waals surface area contributed by atoms with Crippen molar-refractivity contribution in [2.24, 2.45) is 11.3 Å². The van der Waals surface area contributed by atoms with E-state index in [1.807, 2.05) is 0 Å². The summed E-state index contributed by atoms with van der Waals surface area (Å²) in [7, 11) is 0. The van der Waals surface area contributed by atoms with Crippen LogP contribution in [-0.2, 0) is 4.79 Å². The van der Waals surface area contributed by atoms with Crippen LogP contribution in [0.2, 0.25) is 0 Å². The molecule has 3 nitrogen and oxygen atoms in total. The Morgan fingerprint density at radius 2 is 2.12 bits per heavy atom. The van der Waals surface area contributed by atoms with Gasteiger partial charge in [-0.15, -0.1) is 0 Å². The third kappa shape index (κ3) is 2.35. The van der Waals surface area contributed by atoms with Gasteiger partial charge in [-0.05, 0) is 31.7 Å². The van der Waals surface area contributed by atoms with Crippen molar-refractivity contribution in [2.45, 2.75) is 44.9 Å². The van der Waals surface area contributed by atoms with E-state index in [4.69, 9.17) is 0 Å². The zero-order chi connectivity index (χ0) is 11.7. The third-order valence-corrected chi connectivity index (χ3v) is 4.94. The molecule has 2 saturated heterocycles. The molecule has 0 aromatic rings. The molecule has 2 aliphatic heterocycles. The maximum atomic E-state index is 12.1. The second-order valence-corrected chi connectivity index (χ2v) is 6.38. The average Bonchev–Trinajstić information content (AvgIpc) is 2.89. The van der Waals surface area contributed by atoms with Crippen LogP contribution < -0.4 is 5.32 Å². The second-order valence-electron chi connectivity index (χ2n) is 6.38. The molecular weight excluding hydrogens is 212 g/mol. The van der Waals surface area contributed by atoms with Crippen LogP contribution in [0.1, 0.15) is 44.9 Å². The summed E-state index contributed by atoms with van der Waals surface area (Å²) >= 11 is 0. The molecule has 1 N–H and O–H groups in total. The van der Waals surface area contributed by atoms with E-state index in [1.165, 1.54) is 38.5 Å². The highest BCUT2D eigenvalue weighted by Crippen LogP contribution is 2.38. The number of carbonyl (C=O) groups is 1. The van der Waals surface area contributed by atoms with E-state index in [-0.39, 0.29) is 0 Å². The maximum absolute atomic E-state index is 12.1. The van der Waals surface area contributed by atoms with Crippen LogP contribution in [0.3, 0.4) is 0 Å². The average molecular weight is 236 g/mol. The van der Waals surface area contributed by atoms with Crippen LogP contribution in [0, 0.1) is 11.3 Å². The molecule has 1 atom stereocenters. The number of hydrogen-bond donors (Lipinski definition) is 1. The van der Waals surface area contributed by atoms with Crippen molar-refractivity contribution in [3.8, 4) is 0 Å². The summed E-state index contributed by atoms with van der Waals surface area (Å²) < 4.78 is 0. The van der Waals surface area contributed by atoms with Gasteiger partial charge in [0.1, 0.15) is 0 Å². The maximum Gasteiger partial charge on any atom is 0.223 e. The molecule has 1 spiro atoms. The molecule has 3 rings (SSSR count). The fraction of sp³-hybridized carbons (Fsp3) is 0.929. The number of nitrogens with zero attached hydrogens (tertiary/aromatic N) is 1. The van der Waals surface area contributed by atoms with Gasteiger partial charge in [0.05, 0.1) is 0 Å². The van der Waals surface area contributed by atoms with Gasteiger partial charge < -0.3 is 10.2 Å². The summed E-state index contributed by atoms with van der Waals surface area (Å²) in [6.45, 7) is 4.22. The van der Waals surface area contributed by atoms with Gasteiger partial charge in [-0.3, -0.25) is 4.79 Å². The number of carbonyl (C=O) groups excluding carboxylic acids is 1. The monoisotopic (exact) mass is 236 g/mol. The van der Waals surface area contributed by atoms with Crippen molar-refractivity contribution in [1.29, 1.82) is 0 Å². The Kier molecular flexibility index (Phi) is 3.12. The first-order valence-electron chi connectivity index (χ1n) is 7.26. The van der Waals surface area contributed by atoms with Crippen LogP contribution in [0.4, 0.5) is 0 Å². The Hall–Kier alpha value is -0.570. The summed E-state index contributed by atoms with van der Waals surface area (Å²) in [4.78, 5) is 14.3. The molecule has 1 saturated carbocycles. The van der Waals surface area contributed by atoms with Crippen molar-refractivity contribution in [3.63, 3.8) is 0 Å². The third-order valence-electron chi connectivity index (χ3n) is 4.94. The highest BCUT2D eigenvalue weighted by Gasteiger charge is 2.45. The van der Waals surface area contributed by atoms with E-state index >= 15 is 0 Å². The Morgan fingerprint density at radius 3 is 2.82 bits per heavy atom. The Balaban J connectivity index is 1.58. The van der Waals surface area contributed by atoms with Crippen LogP contribution in [0.25, 0.3) is 0 Å². The smallest absolute Gasteiger partial charge is 0.223 e. The van der Waals surface area contributed by atoms with E-state index < -0.39 is 0 Å². The van der Waals surface area contributed by atoms with Crippen LogP contribution in [0.5, 0.6) is 0 Å². The van der Waals surface area contributed by atoms with Crippen LogP contribution >= 0.6 is 0 Å². The van der Waals surface area contributed by atoms with Gasteiger partial charge in [-0.1, -0.05) is 19.3 Å². The molecule has 1 amide bonds. The van der Waals surface area contributed by atoms with Crippen molar-refractivity contribution in [2.75, 3.05) is 26.2 Å². The standard InChI is InChI=1S/C14H24N2O/c17-13-8-14(6-7-15-10-14)11-16(13)9-12-4-2-1-3-5-12/h12,15H,1-11H2/t14-/m0/s1. The van der Waals surface area contributed by atoms with Gasteiger partial charge in [0, 0.05) is 31.5 Å². The van der Waals surface area contributed by atoms with Gasteiger partial charge in [0.25, 0.3) is 0 Å². The Morgan fingerprint density at radius 1 is 1.29 bits per heavy atom. The lowest BCUT2D eigenvalue weighted by molar-refractivity contribution is -0.128. The summed E-state index contributed by atoms with van der Waals surface area (Å²) in [6, 6.07) is 0. The lowest BCUT2D eigenvalue weighted by atomic mass is 9.86. The minimum atomic E-state index is 0.297. The molecule has 0 unspecified atom stereocenters. The van der Waals surface area contributed by atoms with Gasteiger partial charge in [0.2, 0.25) is 5.91 Å². The molecule has 2 heterocycles. The molecule has 3 aliphatic rings. The van der Waals surface area contributed by atoms with Gasteiger partial charge in [-0.25, -0.2) is 0 Å². The molecule has 3 heteroatoms. The second kappa shape index (κ2) is 4.60. The van der Waals surface area contributed by atoms with E-state index in [0.29, 0.717) is 11.3 Å². The first kappa shape index (κ1) is 11.5. The summed E-state index contributed by atoms with van der Waals surface area (Å²) in [6.07, 6.45) is 8.83. The molecule has 1 aliphatic carbocycles. The number of likely N-dealkylation sites (tertiary alicyclic amines) is 1. The zero-order valence-electron chi connectivity index (χ0n) is 10.7. The molecule has 3 fully saturated rings. The SMILES string of the molecule is O=C1C[C@]2(CCNC2)CN1CC1CCCCC1. The van der Waals surface area contributed by atoms with Gasteiger partial charge >= 0.3 is 0 Å². The first-order chi connectivity index (χ1) is 8.27. The minimum Gasteiger partial charge on any atom is -0.342 e. The van der Waals surface area contributed by atoms with Gasteiger partial charge in [-0.2, -0.15) is 0 Å². The minimum absolute atomic E-state index is 0.297. The largest absolute Gasteiger partial charge is 0.342 e. The first-order valence-corrected chi connectivity index (χ1v) is 7.26. The fourth-order valence-electron chi connectivity index (χ4n) is 3.91. The molecule has 0 aromatic carbocycles. The predicted molar refractivity (Wildman–Crippen MR) is 67.7 cm³/mol. The zero-order valence-corrected chi connectivity index (χ0v) is 10.7. The highest BCUT2D eigenvalue weighted by molar-refractivity contribution is 5.79. The Labute approximate surface area is 104 Å². The number of nitrogens with one attached hydrogen (secondary N) is 1. The van der Waals surface area contributed by atoms with Crippen molar-refractivity contribution < 1.29 is 4.79 Å². The topological polar surface area (TPSA) is 32.3 Å². The lowest BCUT2D eigenvalue weighted by Crippen LogP contribution is -2.34. The van der Waals surface area contributed by atoms with E-state index in [1.54, 1.807) is 0 Å². The normalized spacial score (nSPS) is 35.1. The van der Waals surface area contributed by atoms with Gasteiger partial charge in [0.15, 0.2) is 0 Å². The highest BCUT2D eigenvalue weighted by atomic mass is 16.2. The van der Waals surface area contributed by atoms with Crippen LogP contribution in [-0.4, -0.2) is 37.0 Å². The lowest BCUT2D eigenvalue weighted by Gasteiger charge is -2.28. The van der Waals surface area contributed by atoms with Crippen molar-refractivity contribution >= 4 is 5.91 Å². The molecule has 0 bridgehead atoms. The van der Waals surface area contributed by atoms with E-state index in [2.05, 4.69) is 10.2 Å². The molecule has 0 aromatic heterocycles. The molecule has 17 heavy (non-hydrogen) atoms. The van der Waals surface area contributed by atoms with Crippen molar-refractivity contribution in [1.82, 2.24) is 10.2 Å². The number of amides is 1. The quantitative estimate of drug-likeness (QED) is 0.792. The molecule has 96 valence electrons. The van der Waals surface area contributed by atoms with E-state index in [0.717, 1.165) is 38.5 Å². The number of rotatable bonds is 2. The molecule has 0 radical (unpaired) electrons. The summed E-state index contributed by atoms with van der Waals surface area (Å²) in [5, 5.41) is 3.42. The predicted octanol–water partition coefficient (Wildman–Crippen LogP) is 1.78. The summed E-state index contributed by atoms with van der Waals surface area (Å²) in [5.41, 5.74) is 0.297. The summed E-state index contributed by atoms with van der Waals surface area (Å²) in [5.74, 6) is 1.21. The molecular formula is C14H24N2O. The fourth-order valence-corrected chi connectivity index (χ4v) is 3.91. The Bertz CT molecular complexity index is 291. The van der Waals surface area contributed by atoms with Crippen molar-refractivity contribution in [3.05, 3.63) is 0 Å².